The topological polar surface area (TPSA) is 108 Å². The van der Waals surface area contributed by atoms with Gasteiger partial charge in [0.1, 0.15) is 29.3 Å². The highest BCUT2D eigenvalue weighted by Crippen LogP contribution is 2.45. The highest BCUT2D eigenvalue weighted by Gasteiger charge is 2.49. The maximum atomic E-state index is 12.1. The van der Waals surface area contributed by atoms with Crippen LogP contribution in [0.4, 0.5) is 5.82 Å². The Morgan fingerprint density at radius 3 is 2.66 bits per heavy atom. The second-order valence-corrected chi connectivity index (χ2v) is 10.1. The number of ether oxygens (including phenoxy) is 2. The van der Waals surface area contributed by atoms with Crippen LogP contribution in [0.25, 0.3) is 22.3 Å². The van der Waals surface area contributed by atoms with E-state index in [4.69, 9.17) is 20.3 Å². The molecule has 2 saturated heterocycles. The number of nitrogen functional groups attached to an aromatic ring is 1. The molecule has 0 saturated carbocycles. The fraction of sp³-hybridized carbons (Fsp3) is 0.310. The number of para-hydroxylation sites is 1. The summed E-state index contributed by atoms with van der Waals surface area (Å²) in [6, 6.07) is 17.4. The van der Waals surface area contributed by atoms with Gasteiger partial charge >= 0.3 is 0 Å². The zero-order valence-electron chi connectivity index (χ0n) is 21.3. The van der Waals surface area contributed by atoms with Gasteiger partial charge in [-0.2, -0.15) is 5.10 Å². The Morgan fingerprint density at radius 1 is 1.16 bits per heavy atom. The summed E-state index contributed by atoms with van der Waals surface area (Å²) >= 11 is 0. The van der Waals surface area contributed by atoms with Gasteiger partial charge in [-0.15, -0.1) is 0 Å². The molecule has 0 aliphatic carbocycles. The molecular weight excluding hydrogens is 480 g/mol. The second kappa shape index (κ2) is 9.57. The molecule has 2 aliphatic rings. The maximum Gasteiger partial charge on any atom is 0.245 e. The van der Waals surface area contributed by atoms with E-state index < -0.39 is 0 Å². The van der Waals surface area contributed by atoms with Gasteiger partial charge in [0, 0.05) is 31.0 Å². The van der Waals surface area contributed by atoms with E-state index in [1.54, 1.807) is 0 Å². The number of piperidine rings is 1. The molecule has 2 aromatic heterocycles. The lowest BCUT2D eigenvalue weighted by Crippen LogP contribution is -2.52. The molecule has 9 heteroatoms. The van der Waals surface area contributed by atoms with Crippen LogP contribution in [0.1, 0.15) is 25.8 Å². The van der Waals surface area contributed by atoms with Gasteiger partial charge in [-0.3, -0.25) is 4.79 Å². The molecule has 0 bridgehead atoms. The fourth-order valence-electron chi connectivity index (χ4n) is 5.70. The van der Waals surface area contributed by atoms with Gasteiger partial charge in [0.2, 0.25) is 5.91 Å². The summed E-state index contributed by atoms with van der Waals surface area (Å²) in [5.41, 5.74) is 8.35. The zero-order chi connectivity index (χ0) is 26.3. The number of hydrogen-bond donors (Lipinski definition) is 1. The van der Waals surface area contributed by atoms with E-state index in [1.165, 1.54) is 12.4 Å². The highest BCUT2D eigenvalue weighted by molar-refractivity contribution is 5.98. The first-order chi connectivity index (χ1) is 18.5. The van der Waals surface area contributed by atoms with E-state index in [2.05, 4.69) is 23.5 Å². The van der Waals surface area contributed by atoms with Crippen LogP contribution < -0.4 is 10.5 Å². The Labute approximate surface area is 220 Å². The van der Waals surface area contributed by atoms with Gasteiger partial charge in [0.05, 0.1) is 23.6 Å². The first kappa shape index (κ1) is 24.1. The molecule has 38 heavy (non-hydrogen) atoms. The molecule has 3 atom stereocenters. The first-order valence-electron chi connectivity index (χ1n) is 12.8. The van der Waals surface area contributed by atoms with Crippen molar-refractivity contribution in [1.29, 1.82) is 0 Å². The number of amides is 1. The van der Waals surface area contributed by atoms with E-state index in [0.717, 1.165) is 41.0 Å². The lowest BCUT2D eigenvalue weighted by atomic mass is 9.79. The zero-order valence-corrected chi connectivity index (χ0v) is 21.3. The number of nitrogens with zero attached hydrogens (tertiary/aromatic N) is 5. The Hall–Kier alpha value is -4.24. The van der Waals surface area contributed by atoms with Crippen molar-refractivity contribution < 1.29 is 14.3 Å². The van der Waals surface area contributed by atoms with Crippen LogP contribution in [-0.4, -0.2) is 55.9 Å². The van der Waals surface area contributed by atoms with E-state index >= 15 is 0 Å². The first-order valence-corrected chi connectivity index (χ1v) is 12.8. The van der Waals surface area contributed by atoms with Crippen LogP contribution in [0.15, 0.2) is 73.6 Å². The Kier molecular flexibility index (Phi) is 6.07. The SMILES string of the molecule is C=CC(=O)N1CCC2(CC(n3nc(-c4ccc(Oc5ccccc5)cc4)c4c(N)ncnc43)CO2)C(C)C1. The number of aromatic nitrogens is 4. The predicted molar refractivity (Wildman–Crippen MR) is 145 cm³/mol. The van der Waals surface area contributed by atoms with Gasteiger partial charge in [0.15, 0.2) is 5.65 Å². The molecule has 4 heterocycles. The lowest BCUT2D eigenvalue weighted by molar-refractivity contribution is -0.135. The fourth-order valence-corrected chi connectivity index (χ4v) is 5.70. The number of benzene rings is 2. The molecule has 2 N–H and O–H groups in total. The van der Waals surface area contributed by atoms with Gasteiger partial charge in [0.25, 0.3) is 0 Å². The monoisotopic (exact) mass is 510 g/mol. The van der Waals surface area contributed by atoms with Crippen molar-refractivity contribution in [1.82, 2.24) is 24.6 Å². The standard InChI is InChI=1S/C29H30N6O3/c1-3-24(36)34-14-13-29(19(2)16-34)15-21(17-37-29)35-28-25(27(30)31-18-32-28)26(33-35)20-9-11-23(12-10-20)38-22-7-5-4-6-8-22/h3-12,18-19,21H,1,13-17H2,2H3,(H2,30,31,32). The summed E-state index contributed by atoms with van der Waals surface area (Å²) in [7, 11) is 0. The van der Waals surface area contributed by atoms with Crippen molar-refractivity contribution in [3.05, 3.63) is 73.6 Å². The normalized spacial score (nSPS) is 23.1. The number of rotatable bonds is 5. The summed E-state index contributed by atoms with van der Waals surface area (Å²) < 4.78 is 14.4. The molecular formula is C29H30N6O3. The van der Waals surface area contributed by atoms with Crippen LogP contribution in [0.3, 0.4) is 0 Å². The molecule has 3 unspecified atom stereocenters. The Balaban J connectivity index is 1.29. The van der Waals surface area contributed by atoms with Gasteiger partial charge in [-0.25, -0.2) is 14.6 Å². The second-order valence-electron chi connectivity index (χ2n) is 10.1. The molecule has 2 fully saturated rings. The average molecular weight is 511 g/mol. The van der Waals surface area contributed by atoms with Crippen LogP contribution >= 0.6 is 0 Å². The number of nitrogens with two attached hydrogens (primary N) is 1. The van der Waals surface area contributed by atoms with E-state index in [0.29, 0.717) is 31.2 Å². The summed E-state index contributed by atoms with van der Waals surface area (Å²) in [6.45, 7) is 7.59. The Morgan fingerprint density at radius 2 is 1.92 bits per heavy atom. The van der Waals surface area contributed by atoms with Crippen LogP contribution in [0, 0.1) is 5.92 Å². The molecule has 1 amide bonds. The average Bonchev–Trinajstić information content (AvgIpc) is 3.54. The number of carbonyl (C=O) groups is 1. The van der Waals surface area contributed by atoms with Crippen molar-refractivity contribution in [3.8, 4) is 22.8 Å². The molecule has 4 aromatic rings. The maximum absolute atomic E-state index is 12.1. The molecule has 1 spiro atoms. The van der Waals surface area contributed by atoms with E-state index in [-0.39, 0.29) is 23.5 Å². The third kappa shape index (κ3) is 4.18. The van der Waals surface area contributed by atoms with Crippen molar-refractivity contribution in [2.75, 3.05) is 25.4 Å². The number of likely N-dealkylation sites (tertiary alicyclic amines) is 1. The third-order valence-electron chi connectivity index (χ3n) is 7.80. The highest BCUT2D eigenvalue weighted by atomic mass is 16.5. The molecule has 194 valence electrons. The van der Waals surface area contributed by atoms with Crippen LogP contribution in [0.5, 0.6) is 11.5 Å². The van der Waals surface area contributed by atoms with Crippen molar-refractivity contribution in [2.24, 2.45) is 5.92 Å². The summed E-state index contributed by atoms with van der Waals surface area (Å²) in [5.74, 6) is 2.05. The summed E-state index contributed by atoms with van der Waals surface area (Å²) in [6.07, 6.45) is 4.42. The van der Waals surface area contributed by atoms with Crippen molar-refractivity contribution in [3.63, 3.8) is 0 Å². The minimum Gasteiger partial charge on any atom is -0.457 e. The van der Waals surface area contributed by atoms with E-state index in [9.17, 15) is 4.79 Å². The van der Waals surface area contributed by atoms with Crippen LogP contribution in [0.2, 0.25) is 0 Å². The van der Waals surface area contributed by atoms with Gasteiger partial charge < -0.3 is 20.1 Å². The minimum absolute atomic E-state index is 0.00894. The molecule has 0 radical (unpaired) electrons. The van der Waals surface area contributed by atoms with Crippen molar-refractivity contribution in [2.45, 2.75) is 31.4 Å². The van der Waals surface area contributed by atoms with Crippen molar-refractivity contribution >= 4 is 22.8 Å². The predicted octanol–water partition coefficient (Wildman–Crippen LogP) is 4.62. The number of anilines is 1. The number of carbonyl (C=O) groups excluding carboxylic acids is 1. The lowest BCUT2D eigenvalue weighted by Gasteiger charge is -2.43. The van der Waals surface area contributed by atoms with Crippen LogP contribution in [-0.2, 0) is 9.53 Å². The number of hydrogen-bond acceptors (Lipinski definition) is 7. The molecule has 9 nitrogen and oxygen atoms in total. The number of fused-ring (bicyclic) bond motifs is 1. The smallest absolute Gasteiger partial charge is 0.245 e. The molecule has 2 aromatic carbocycles. The van der Waals surface area contributed by atoms with Gasteiger partial charge in [-0.05, 0) is 48.9 Å². The van der Waals surface area contributed by atoms with Gasteiger partial charge in [-0.1, -0.05) is 31.7 Å². The Bertz CT molecular complexity index is 1490. The minimum atomic E-state index is -0.309. The summed E-state index contributed by atoms with van der Waals surface area (Å²) in [4.78, 5) is 22.8. The molecule has 2 aliphatic heterocycles. The summed E-state index contributed by atoms with van der Waals surface area (Å²) in [5, 5.41) is 5.74. The molecule has 6 rings (SSSR count). The third-order valence-corrected chi connectivity index (χ3v) is 7.80. The quantitative estimate of drug-likeness (QED) is 0.390. The van der Waals surface area contributed by atoms with E-state index in [1.807, 2.05) is 64.2 Å². The largest absolute Gasteiger partial charge is 0.457 e.